The van der Waals surface area contributed by atoms with Crippen LogP contribution in [0, 0.1) is 12.3 Å². The van der Waals surface area contributed by atoms with Crippen LogP contribution in [0.4, 0.5) is 0 Å². The first-order chi connectivity index (χ1) is 10.3. The number of likely N-dealkylation sites (tertiary alicyclic amines) is 1. The van der Waals surface area contributed by atoms with Crippen molar-refractivity contribution in [1.82, 2.24) is 20.4 Å². The summed E-state index contributed by atoms with van der Waals surface area (Å²) in [6.45, 7) is 7.04. The molecule has 110 valence electrons. The molecule has 0 bridgehead atoms. The molecule has 2 aliphatic rings. The fraction of sp³-hybridized carbons (Fsp3) is 0.500. The normalized spacial score (nSPS) is 24.3. The first-order valence-electron chi connectivity index (χ1n) is 7.52. The molecule has 2 fully saturated rings. The molecule has 0 radical (unpaired) electrons. The van der Waals surface area contributed by atoms with E-state index >= 15 is 0 Å². The zero-order chi connectivity index (χ0) is 14.3. The maximum atomic E-state index is 5.72. The lowest BCUT2D eigenvalue weighted by molar-refractivity contribution is 0.139. The Morgan fingerprint density at radius 3 is 2.71 bits per heavy atom. The summed E-state index contributed by atoms with van der Waals surface area (Å²) in [6, 6.07) is 10.6. The number of hydrogen-bond donors (Lipinski definition) is 1. The minimum Gasteiger partial charge on any atom is -0.425 e. The standard InChI is InChI=1S/C16H20N4O/c1-12-18-19-15(21-12)14-8-20(11-16(14)9-17-10-16)7-13-5-3-2-4-6-13/h2-6,14,17H,7-11H2,1H3. The number of aryl methyl sites for hydroxylation is 1. The highest BCUT2D eigenvalue weighted by Gasteiger charge is 2.53. The van der Waals surface area contributed by atoms with E-state index in [0.717, 1.165) is 38.6 Å². The molecule has 1 atom stereocenters. The summed E-state index contributed by atoms with van der Waals surface area (Å²) in [4.78, 5) is 2.51. The molecule has 1 spiro atoms. The van der Waals surface area contributed by atoms with Gasteiger partial charge in [-0.1, -0.05) is 30.3 Å². The van der Waals surface area contributed by atoms with E-state index in [2.05, 4.69) is 50.7 Å². The first kappa shape index (κ1) is 13.0. The molecule has 2 saturated heterocycles. The van der Waals surface area contributed by atoms with Gasteiger partial charge in [0.2, 0.25) is 11.8 Å². The van der Waals surface area contributed by atoms with Crippen LogP contribution in [0.2, 0.25) is 0 Å². The molecule has 2 aliphatic heterocycles. The lowest BCUT2D eigenvalue weighted by Gasteiger charge is -2.42. The minimum atomic E-state index is 0.272. The van der Waals surface area contributed by atoms with Gasteiger partial charge in [-0.05, 0) is 5.56 Å². The van der Waals surface area contributed by atoms with E-state index in [0.29, 0.717) is 11.8 Å². The lowest BCUT2D eigenvalue weighted by Crippen LogP contribution is -2.57. The Balaban J connectivity index is 1.55. The number of hydrogen-bond acceptors (Lipinski definition) is 5. The molecule has 5 heteroatoms. The van der Waals surface area contributed by atoms with Gasteiger partial charge in [0.15, 0.2) is 0 Å². The molecular formula is C16H20N4O. The zero-order valence-electron chi connectivity index (χ0n) is 12.2. The van der Waals surface area contributed by atoms with E-state index in [1.165, 1.54) is 5.56 Å². The van der Waals surface area contributed by atoms with Gasteiger partial charge in [-0.25, -0.2) is 0 Å². The highest BCUT2D eigenvalue weighted by molar-refractivity contribution is 5.18. The number of aromatic nitrogens is 2. The molecule has 1 unspecified atom stereocenters. The van der Waals surface area contributed by atoms with Gasteiger partial charge in [-0.2, -0.15) is 0 Å². The van der Waals surface area contributed by atoms with Crippen LogP contribution in [0.25, 0.3) is 0 Å². The zero-order valence-corrected chi connectivity index (χ0v) is 12.2. The van der Waals surface area contributed by atoms with Gasteiger partial charge in [-0.15, -0.1) is 10.2 Å². The summed E-state index contributed by atoms with van der Waals surface area (Å²) in [7, 11) is 0. The van der Waals surface area contributed by atoms with Crippen LogP contribution >= 0.6 is 0 Å². The highest BCUT2D eigenvalue weighted by Crippen LogP contribution is 2.45. The summed E-state index contributed by atoms with van der Waals surface area (Å²) in [5.41, 5.74) is 1.63. The van der Waals surface area contributed by atoms with Crippen LogP contribution in [0.15, 0.2) is 34.7 Å². The van der Waals surface area contributed by atoms with Crippen molar-refractivity contribution < 1.29 is 4.42 Å². The quantitative estimate of drug-likeness (QED) is 0.927. The Kier molecular flexibility index (Phi) is 3.05. The van der Waals surface area contributed by atoms with Gasteiger partial charge in [0, 0.05) is 45.1 Å². The number of nitrogens with one attached hydrogen (secondary N) is 1. The van der Waals surface area contributed by atoms with E-state index in [1.807, 2.05) is 6.92 Å². The maximum absolute atomic E-state index is 5.72. The molecule has 3 heterocycles. The van der Waals surface area contributed by atoms with Crippen molar-refractivity contribution >= 4 is 0 Å². The van der Waals surface area contributed by atoms with Gasteiger partial charge >= 0.3 is 0 Å². The summed E-state index contributed by atoms with van der Waals surface area (Å²) < 4.78 is 5.72. The molecule has 0 amide bonds. The molecule has 1 aromatic carbocycles. The van der Waals surface area contributed by atoms with E-state index in [-0.39, 0.29) is 5.41 Å². The van der Waals surface area contributed by atoms with Crippen molar-refractivity contribution in [2.45, 2.75) is 19.4 Å². The van der Waals surface area contributed by atoms with Crippen molar-refractivity contribution in [3.05, 3.63) is 47.7 Å². The van der Waals surface area contributed by atoms with E-state index in [4.69, 9.17) is 4.42 Å². The number of rotatable bonds is 3. The second-order valence-corrected chi connectivity index (χ2v) is 6.33. The van der Waals surface area contributed by atoms with Gasteiger partial charge in [0.1, 0.15) is 0 Å². The van der Waals surface area contributed by atoms with Crippen molar-refractivity contribution in [1.29, 1.82) is 0 Å². The summed E-state index contributed by atoms with van der Waals surface area (Å²) in [5, 5.41) is 11.7. The van der Waals surface area contributed by atoms with Gasteiger partial charge in [-0.3, -0.25) is 4.90 Å². The molecule has 1 aromatic heterocycles. The number of nitrogens with zero attached hydrogens (tertiary/aromatic N) is 3. The molecule has 5 nitrogen and oxygen atoms in total. The average molecular weight is 284 g/mol. The Hall–Kier alpha value is -1.72. The predicted octanol–water partition coefficient (Wildman–Crippen LogP) is 1.57. The van der Waals surface area contributed by atoms with Crippen molar-refractivity contribution in [2.24, 2.45) is 5.41 Å². The van der Waals surface area contributed by atoms with Gasteiger partial charge < -0.3 is 9.73 Å². The molecule has 2 aromatic rings. The third-order valence-corrected chi connectivity index (χ3v) is 4.76. The monoisotopic (exact) mass is 284 g/mol. The summed E-state index contributed by atoms with van der Waals surface area (Å²) in [5.74, 6) is 1.82. The van der Waals surface area contributed by atoms with Crippen LogP contribution in [0.3, 0.4) is 0 Å². The Morgan fingerprint density at radius 2 is 2.10 bits per heavy atom. The van der Waals surface area contributed by atoms with Crippen molar-refractivity contribution in [3.8, 4) is 0 Å². The predicted molar refractivity (Wildman–Crippen MR) is 78.8 cm³/mol. The van der Waals surface area contributed by atoms with Gasteiger partial charge in [0.25, 0.3) is 0 Å². The minimum absolute atomic E-state index is 0.272. The fourth-order valence-corrected chi connectivity index (χ4v) is 3.63. The van der Waals surface area contributed by atoms with Crippen LogP contribution in [-0.4, -0.2) is 41.3 Å². The Bertz CT molecular complexity index is 620. The average Bonchev–Trinajstić information content (AvgIpc) is 3.03. The fourth-order valence-electron chi connectivity index (χ4n) is 3.63. The third kappa shape index (κ3) is 2.26. The van der Waals surface area contributed by atoms with Crippen molar-refractivity contribution in [2.75, 3.05) is 26.2 Å². The van der Waals surface area contributed by atoms with Crippen LogP contribution < -0.4 is 5.32 Å². The molecule has 21 heavy (non-hydrogen) atoms. The topological polar surface area (TPSA) is 54.2 Å². The largest absolute Gasteiger partial charge is 0.425 e. The second-order valence-electron chi connectivity index (χ2n) is 6.33. The smallest absolute Gasteiger partial charge is 0.221 e. The Morgan fingerprint density at radius 1 is 1.29 bits per heavy atom. The van der Waals surface area contributed by atoms with Gasteiger partial charge in [0.05, 0.1) is 5.92 Å². The molecule has 0 saturated carbocycles. The lowest BCUT2D eigenvalue weighted by atomic mass is 9.73. The number of benzene rings is 1. The second kappa shape index (κ2) is 4.93. The van der Waals surface area contributed by atoms with E-state index in [9.17, 15) is 0 Å². The van der Waals surface area contributed by atoms with Crippen LogP contribution in [-0.2, 0) is 6.54 Å². The van der Waals surface area contributed by atoms with E-state index < -0.39 is 0 Å². The SMILES string of the molecule is Cc1nnc(C2CN(Cc3ccccc3)CC23CNC3)o1. The molecule has 0 aliphatic carbocycles. The van der Waals surface area contributed by atoms with Crippen molar-refractivity contribution in [3.63, 3.8) is 0 Å². The highest BCUT2D eigenvalue weighted by atomic mass is 16.4. The molecular weight excluding hydrogens is 264 g/mol. The Labute approximate surface area is 124 Å². The summed E-state index contributed by atoms with van der Waals surface area (Å²) >= 11 is 0. The summed E-state index contributed by atoms with van der Waals surface area (Å²) in [6.07, 6.45) is 0. The first-order valence-corrected chi connectivity index (χ1v) is 7.52. The van der Waals surface area contributed by atoms with Crippen LogP contribution in [0.1, 0.15) is 23.3 Å². The van der Waals surface area contributed by atoms with Crippen LogP contribution in [0.5, 0.6) is 0 Å². The maximum Gasteiger partial charge on any atom is 0.221 e. The molecule has 1 N–H and O–H groups in total. The van der Waals surface area contributed by atoms with E-state index in [1.54, 1.807) is 0 Å². The third-order valence-electron chi connectivity index (χ3n) is 4.76. The molecule has 4 rings (SSSR count).